The highest BCUT2D eigenvalue weighted by Gasteiger charge is 2.10. The van der Waals surface area contributed by atoms with Crippen molar-refractivity contribution in [2.24, 2.45) is 0 Å². The molecular weight excluding hydrogens is 254 g/mol. The zero-order chi connectivity index (χ0) is 14.0. The molecule has 0 atom stereocenters. The molecule has 0 aliphatic rings. The normalized spacial score (nSPS) is 10.2. The number of carbonyl (C=O) groups is 1. The summed E-state index contributed by atoms with van der Waals surface area (Å²) in [5.41, 5.74) is 5.91. The van der Waals surface area contributed by atoms with E-state index in [9.17, 15) is 13.6 Å². The number of nitrogen functional groups attached to an aromatic ring is 1. The zero-order valence-electron chi connectivity index (χ0n) is 9.65. The van der Waals surface area contributed by atoms with Crippen molar-refractivity contribution in [3.05, 3.63) is 53.6 Å². The molecule has 0 bridgehead atoms. The lowest BCUT2D eigenvalue weighted by atomic mass is 10.1. The summed E-state index contributed by atoms with van der Waals surface area (Å²) in [4.78, 5) is 10.9. The van der Waals surface area contributed by atoms with E-state index in [1.165, 1.54) is 24.3 Å². The van der Waals surface area contributed by atoms with Crippen molar-refractivity contribution in [2.45, 2.75) is 0 Å². The molecule has 0 fully saturated rings. The Bertz CT molecular complexity index is 645. The molecule has 2 rings (SSSR count). The van der Waals surface area contributed by atoms with E-state index in [0.717, 1.165) is 12.1 Å². The molecule has 2 aromatic rings. The van der Waals surface area contributed by atoms with Gasteiger partial charge in [0.05, 0.1) is 11.3 Å². The number of aromatic carboxylic acids is 1. The number of nitrogens with two attached hydrogens (primary N) is 1. The van der Waals surface area contributed by atoms with E-state index in [0.29, 0.717) is 5.69 Å². The van der Waals surface area contributed by atoms with Gasteiger partial charge in [-0.25, -0.2) is 13.6 Å². The van der Waals surface area contributed by atoms with Crippen molar-refractivity contribution in [1.82, 2.24) is 0 Å². The number of rotatable bonds is 3. The van der Waals surface area contributed by atoms with Crippen LogP contribution < -0.4 is 11.1 Å². The van der Waals surface area contributed by atoms with E-state index in [4.69, 9.17) is 10.8 Å². The largest absolute Gasteiger partial charge is 0.478 e. The molecule has 19 heavy (non-hydrogen) atoms. The molecule has 2 aromatic carbocycles. The van der Waals surface area contributed by atoms with E-state index in [-0.39, 0.29) is 16.9 Å². The van der Waals surface area contributed by atoms with Crippen LogP contribution in [0.1, 0.15) is 10.4 Å². The zero-order valence-corrected chi connectivity index (χ0v) is 9.65. The first kappa shape index (κ1) is 12.8. The van der Waals surface area contributed by atoms with Gasteiger partial charge in [-0.15, -0.1) is 0 Å². The van der Waals surface area contributed by atoms with Crippen LogP contribution in [-0.2, 0) is 0 Å². The third kappa shape index (κ3) is 2.79. The van der Waals surface area contributed by atoms with E-state index in [1.54, 1.807) is 0 Å². The molecule has 4 nitrogen and oxygen atoms in total. The molecule has 0 spiro atoms. The highest BCUT2D eigenvalue weighted by molar-refractivity contribution is 5.95. The molecule has 6 heteroatoms. The smallest absolute Gasteiger partial charge is 0.337 e. The molecule has 0 amide bonds. The molecule has 0 aliphatic heterocycles. The van der Waals surface area contributed by atoms with Crippen LogP contribution in [0, 0.1) is 11.6 Å². The Morgan fingerprint density at radius 2 is 1.89 bits per heavy atom. The van der Waals surface area contributed by atoms with E-state index in [2.05, 4.69) is 5.32 Å². The molecular formula is C13H10F2N2O2. The van der Waals surface area contributed by atoms with Gasteiger partial charge in [0.15, 0.2) is 0 Å². The first-order valence-corrected chi connectivity index (χ1v) is 5.32. The first-order valence-electron chi connectivity index (χ1n) is 5.32. The topological polar surface area (TPSA) is 75.3 Å². The van der Waals surface area contributed by atoms with Crippen molar-refractivity contribution in [2.75, 3.05) is 11.1 Å². The molecule has 0 saturated carbocycles. The predicted octanol–water partition coefficient (Wildman–Crippen LogP) is 2.99. The maximum absolute atomic E-state index is 13.4. The van der Waals surface area contributed by atoms with Crippen molar-refractivity contribution >= 4 is 23.0 Å². The summed E-state index contributed by atoms with van der Waals surface area (Å²) >= 11 is 0. The average Bonchev–Trinajstić information content (AvgIpc) is 2.34. The number of hydrogen-bond donors (Lipinski definition) is 3. The first-order chi connectivity index (χ1) is 8.97. The van der Waals surface area contributed by atoms with Crippen LogP contribution in [0.5, 0.6) is 0 Å². The van der Waals surface area contributed by atoms with E-state index in [1.807, 2.05) is 0 Å². The van der Waals surface area contributed by atoms with Gasteiger partial charge in [0, 0.05) is 17.4 Å². The monoisotopic (exact) mass is 264 g/mol. The second kappa shape index (κ2) is 4.93. The standard InChI is InChI=1S/C13H10F2N2O2/c14-7-1-4-12(10(15)5-7)17-8-2-3-11(16)9(6-8)13(18)19/h1-6,17H,16H2,(H,18,19). The van der Waals surface area contributed by atoms with Crippen LogP contribution in [0.25, 0.3) is 0 Å². The van der Waals surface area contributed by atoms with Crippen molar-refractivity contribution in [3.63, 3.8) is 0 Å². The second-order valence-electron chi connectivity index (χ2n) is 3.86. The quantitative estimate of drug-likeness (QED) is 0.745. The fourth-order valence-electron chi connectivity index (χ4n) is 1.57. The molecule has 4 N–H and O–H groups in total. The molecule has 0 heterocycles. The minimum atomic E-state index is -1.18. The summed E-state index contributed by atoms with van der Waals surface area (Å²) in [7, 11) is 0. The minimum Gasteiger partial charge on any atom is -0.478 e. The maximum atomic E-state index is 13.4. The number of carboxylic acid groups (broad SMARTS) is 1. The van der Waals surface area contributed by atoms with Gasteiger partial charge < -0.3 is 16.2 Å². The Morgan fingerprint density at radius 1 is 1.16 bits per heavy atom. The van der Waals surface area contributed by atoms with Gasteiger partial charge in [-0.1, -0.05) is 0 Å². The lowest BCUT2D eigenvalue weighted by Crippen LogP contribution is -2.03. The SMILES string of the molecule is Nc1ccc(Nc2ccc(F)cc2F)cc1C(=O)O. The minimum absolute atomic E-state index is 0.0440. The Hall–Kier alpha value is -2.63. The summed E-state index contributed by atoms with van der Waals surface area (Å²) in [6.45, 7) is 0. The third-order valence-corrected chi connectivity index (χ3v) is 2.49. The molecule has 0 saturated heterocycles. The van der Waals surface area contributed by atoms with E-state index < -0.39 is 17.6 Å². The number of anilines is 3. The van der Waals surface area contributed by atoms with Crippen LogP contribution in [0.3, 0.4) is 0 Å². The maximum Gasteiger partial charge on any atom is 0.337 e. The summed E-state index contributed by atoms with van der Waals surface area (Å²) < 4.78 is 26.2. The average molecular weight is 264 g/mol. The van der Waals surface area contributed by atoms with Gasteiger partial charge in [-0.2, -0.15) is 0 Å². The second-order valence-corrected chi connectivity index (χ2v) is 3.86. The van der Waals surface area contributed by atoms with E-state index >= 15 is 0 Å². The Balaban J connectivity index is 2.33. The molecule has 0 aromatic heterocycles. The Morgan fingerprint density at radius 3 is 2.53 bits per heavy atom. The molecule has 0 aliphatic carbocycles. The van der Waals surface area contributed by atoms with Crippen molar-refractivity contribution in [3.8, 4) is 0 Å². The number of hydrogen-bond acceptors (Lipinski definition) is 3. The molecule has 98 valence electrons. The van der Waals surface area contributed by atoms with Crippen LogP contribution in [0.2, 0.25) is 0 Å². The molecule has 0 radical (unpaired) electrons. The number of carboxylic acids is 1. The summed E-state index contributed by atoms with van der Waals surface area (Å²) in [5.74, 6) is -2.64. The van der Waals surface area contributed by atoms with Crippen LogP contribution >= 0.6 is 0 Å². The number of halogens is 2. The van der Waals surface area contributed by atoms with Crippen molar-refractivity contribution < 1.29 is 18.7 Å². The van der Waals surface area contributed by atoms with Gasteiger partial charge in [0.1, 0.15) is 11.6 Å². The summed E-state index contributed by atoms with van der Waals surface area (Å²) in [5, 5.41) is 11.6. The number of nitrogens with one attached hydrogen (secondary N) is 1. The lowest BCUT2D eigenvalue weighted by Gasteiger charge is -2.09. The lowest BCUT2D eigenvalue weighted by molar-refractivity contribution is 0.0698. The van der Waals surface area contributed by atoms with Crippen molar-refractivity contribution in [1.29, 1.82) is 0 Å². The van der Waals surface area contributed by atoms with Gasteiger partial charge in [0.25, 0.3) is 0 Å². The number of benzene rings is 2. The van der Waals surface area contributed by atoms with Gasteiger partial charge in [-0.3, -0.25) is 0 Å². The Kier molecular flexibility index (Phi) is 3.33. The predicted molar refractivity (Wildman–Crippen MR) is 67.5 cm³/mol. The summed E-state index contributed by atoms with van der Waals surface area (Å²) in [6.07, 6.45) is 0. The fraction of sp³-hybridized carbons (Fsp3) is 0. The van der Waals surface area contributed by atoms with Crippen LogP contribution in [-0.4, -0.2) is 11.1 Å². The third-order valence-electron chi connectivity index (χ3n) is 2.49. The fourth-order valence-corrected chi connectivity index (χ4v) is 1.57. The molecule has 0 unspecified atom stereocenters. The summed E-state index contributed by atoms with van der Waals surface area (Å²) in [6, 6.07) is 7.23. The van der Waals surface area contributed by atoms with Gasteiger partial charge in [-0.05, 0) is 30.3 Å². The highest BCUT2D eigenvalue weighted by Crippen LogP contribution is 2.23. The van der Waals surface area contributed by atoms with Crippen LogP contribution in [0.15, 0.2) is 36.4 Å². The van der Waals surface area contributed by atoms with Gasteiger partial charge >= 0.3 is 5.97 Å². The highest BCUT2D eigenvalue weighted by atomic mass is 19.1. The van der Waals surface area contributed by atoms with Gasteiger partial charge in [0.2, 0.25) is 0 Å². The van der Waals surface area contributed by atoms with Crippen LogP contribution in [0.4, 0.5) is 25.8 Å². The Labute approximate surface area is 107 Å².